The summed E-state index contributed by atoms with van der Waals surface area (Å²) >= 11 is 0. The molecule has 0 atom stereocenters. The Morgan fingerprint density at radius 2 is 1.67 bits per heavy atom. The fourth-order valence-electron chi connectivity index (χ4n) is 2.25. The number of hydrogen-bond donors (Lipinski definition) is 4. The van der Waals surface area contributed by atoms with E-state index in [1.165, 1.54) is 12.1 Å². The predicted molar refractivity (Wildman–Crippen MR) is 90.0 cm³/mol. The summed E-state index contributed by atoms with van der Waals surface area (Å²) in [4.78, 5) is 23.6. The molecule has 24 heavy (non-hydrogen) atoms. The molecule has 2 aromatic rings. The number of aromatic hydroxyl groups is 2. The van der Waals surface area contributed by atoms with Crippen molar-refractivity contribution in [2.24, 2.45) is 0 Å². The maximum atomic E-state index is 11.8. The van der Waals surface area contributed by atoms with Crippen LogP contribution in [0, 0.1) is 6.92 Å². The third kappa shape index (κ3) is 4.74. The third-order valence-electron chi connectivity index (χ3n) is 3.60. The average Bonchev–Trinajstić information content (AvgIpc) is 2.58. The van der Waals surface area contributed by atoms with E-state index in [0.717, 1.165) is 11.1 Å². The van der Waals surface area contributed by atoms with Gasteiger partial charge in [-0.25, -0.2) is 0 Å². The van der Waals surface area contributed by atoms with E-state index in [4.69, 9.17) is 0 Å². The molecule has 0 bridgehead atoms. The number of rotatable bonds is 6. The van der Waals surface area contributed by atoms with Gasteiger partial charge in [0.05, 0.1) is 6.54 Å². The van der Waals surface area contributed by atoms with Gasteiger partial charge in [-0.15, -0.1) is 0 Å². The second-order valence-corrected chi connectivity index (χ2v) is 5.42. The maximum Gasteiger partial charge on any atom is 0.251 e. The van der Waals surface area contributed by atoms with Crippen LogP contribution in [0.2, 0.25) is 0 Å². The highest BCUT2D eigenvalue weighted by atomic mass is 16.3. The second kappa shape index (κ2) is 8.01. The molecule has 2 amide bonds. The molecule has 0 spiro atoms. The lowest BCUT2D eigenvalue weighted by Crippen LogP contribution is -2.37. The van der Waals surface area contributed by atoms with E-state index in [-0.39, 0.29) is 29.9 Å². The zero-order valence-electron chi connectivity index (χ0n) is 13.4. The molecule has 0 radical (unpaired) electrons. The summed E-state index contributed by atoms with van der Waals surface area (Å²) in [7, 11) is 0. The smallest absolute Gasteiger partial charge is 0.251 e. The minimum absolute atomic E-state index is 0.104. The molecule has 6 heteroatoms. The molecule has 0 fully saturated rings. The van der Waals surface area contributed by atoms with Crippen molar-refractivity contribution in [3.8, 4) is 11.5 Å². The van der Waals surface area contributed by atoms with Crippen LogP contribution in [0.15, 0.2) is 42.5 Å². The molecular formula is C18H20N2O4. The van der Waals surface area contributed by atoms with Gasteiger partial charge < -0.3 is 20.8 Å². The van der Waals surface area contributed by atoms with Crippen molar-refractivity contribution in [2.75, 3.05) is 13.1 Å². The maximum absolute atomic E-state index is 11.8. The van der Waals surface area contributed by atoms with Crippen molar-refractivity contribution in [3.63, 3.8) is 0 Å². The molecular weight excluding hydrogens is 308 g/mol. The quantitative estimate of drug-likeness (QED) is 0.604. The zero-order chi connectivity index (χ0) is 17.5. The van der Waals surface area contributed by atoms with Gasteiger partial charge in [-0.3, -0.25) is 9.59 Å². The first-order valence-electron chi connectivity index (χ1n) is 7.59. The molecule has 0 aliphatic rings. The van der Waals surface area contributed by atoms with Crippen molar-refractivity contribution >= 4 is 11.8 Å². The van der Waals surface area contributed by atoms with Gasteiger partial charge in [0, 0.05) is 12.1 Å². The first-order valence-corrected chi connectivity index (χ1v) is 7.59. The van der Waals surface area contributed by atoms with Crippen molar-refractivity contribution < 1.29 is 19.8 Å². The highest BCUT2D eigenvalue weighted by Crippen LogP contribution is 2.27. The lowest BCUT2D eigenvalue weighted by Gasteiger charge is -2.10. The van der Waals surface area contributed by atoms with Crippen LogP contribution < -0.4 is 10.6 Å². The van der Waals surface area contributed by atoms with Crippen molar-refractivity contribution in [1.29, 1.82) is 0 Å². The number of benzene rings is 2. The van der Waals surface area contributed by atoms with Crippen LogP contribution in [0.25, 0.3) is 0 Å². The van der Waals surface area contributed by atoms with E-state index < -0.39 is 0 Å². The Morgan fingerprint density at radius 1 is 1.00 bits per heavy atom. The van der Waals surface area contributed by atoms with Crippen LogP contribution in [-0.2, 0) is 11.2 Å². The Kier molecular flexibility index (Phi) is 5.78. The number of nitrogens with one attached hydrogen (secondary N) is 2. The first kappa shape index (κ1) is 17.3. The molecule has 0 saturated carbocycles. The third-order valence-corrected chi connectivity index (χ3v) is 3.60. The van der Waals surface area contributed by atoms with Crippen molar-refractivity contribution in [3.05, 3.63) is 59.2 Å². The SMILES string of the molecule is Cc1cc(O)c(O)cc1CCNC(=O)CNC(=O)c1ccccc1. The topological polar surface area (TPSA) is 98.7 Å². The minimum Gasteiger partial charge on any atom is -0.504 e. The van der Waals surface area contributed by atoms with Gasteiger partial charge in [0.1, 0.15) is 0 Å². The van der Waals surface area contributed by atoms with E-state index in [9.17, 15) is 19.8 Å². The van der Waals surface area contributed by atoms with E-state index in [2.05, 4.69) is 10.6 Å². The summed E-state index contributed by atoms with van der Waals surface area (Å²) in [5.74, 6) is -0.939. The number of aryl methyl sites for hydroxylation is 1. The number of hydrogen-bond acceptors (Lipinski definition) is 4. The van der Waals surface area contributed by atoms with E-state index >= 15 is 0 Å². The van der Waals surface area contributed by atoms with Gasteiger partial charge in [-0.05, 0) is 48.7 Å². The van der Waals surface area contributed by atoms with E-state index in [1.807, 2.05) is 13.0 Å². The predicted octanol–water partition coefficient (Wildman–Crippen LogP) is 1.49. The fraction of sp³-hybridized carbons (Fsp3) is 0.222. The summed E-state index contributed by atoms with van der Waals surface area (Å²) in [5.41, 5.74) is 2.16. The Hall–Kier alpha value is -3.02. The lowest BCUT2D eigenvalue weighted by molar-refractivity contribution is -0.120. The summed E-state index contributed by atoms with van der Waals surface area (Å²) in [6.45, 7) is 2.08. The Labute approximate surface area is 140 Å². The highest BCUT2D eigenvalue weighted by molar-refractivity contribution is 5.96. The van der Waals surface area contributed by atoms with Crippen LogP contribution in [0.5, 0.6) is 11.5 Å². The summed E-state index contributed by atoms with van der Waals surface area (Å²) in [6, 6.07) is 11.6. The molecule has 0 aliphatic heterocycles. The van der Waals surface area contributed by atoms with Crippen molar-refractivity contribution in [1.82, 2.24) is 10.6 Å². The molecule has 0 heterocycles. The molecule has 2 aromatic carbocycles. The summed E-state index contributed by atoms with van der Waals surface area (Å²) in [6.07, 6.45) is 0.512. The van der Waals surface area contributed by atoms with Gasteiger partial charge >= 0.3 is 0 Å². The van der Waals surface area contributed by atoms with Crippen LogP contribution in [-0.4, -0.2) is 35.1 Å². The van der Waals surface area contributed by atoms with Gasteiger partial charge in [0.2, 0.25) is 5.91 Å². The standard InChI is InChI=1S/C18H20N2O4/c1-12-9-15(21)16(22)10-14(12)7-8-19-17(23)11-20-18(24)13-5-3-2-4-6-13/h2-6,9-10,21-22H,7-8,11H2,1H3,(H,19,23)(H,20,24). The average molecular weight is 328 g/mol. The van der Waals surface area contributed by atoms with Gasteiger partial charge in [-0.1, -0.05) is 18.2 Å². The molecule has 0 aliphatic carbocycles. The molecule has 2 rings (SSSR count). The molecule has 4 N–H and O–H groups in total. The molecule has 0 aromatic heterocycles. The number of phenols is 2. The van der Waals surface area contributed by atoms with Crippen LogP contribution in [0.3, 0.4) is 0 Å². The van der Waals surface area contributed by atoms with Gasteiger partial charge in [-0.2, -0.15) is 0 Å². The van der Waals surface area contributed by atoms with E-state index in [0.29, 0.717) is 18.5 Å². The molecule has 0 saturated heterocycles. The highest BCUT2D eigenvalue weighted by Gasteiger charge is 2.08. The van der Waals surface area contributed by atoms with Crippen molar-refractivity contribution in [2.45, 2.75) is 13.3 Å². The zero-order valence-corrected chi connectivity index (χ0v) is 13.4. The van der Waals surface area contributed by atoms with Crippen LogP contribution in [0.4, 0.5) is 0 Å². The number of carbonyl (C=O) groups excluding carboxylic acids is 2. The lowest BCUT2D eigenvalue weighted by atomic mass is 10.0. The Balaban J connectivity index is 1.76. The number of carbonyl (C=O) groups is 2. The van der Waals surface area contributed by atoms with Crippen LogP contribution >= 0.6 is 0 Å². The van der Waals surface area contributed by atoms with Gasteiger partial charge in [0.25, 0.3) is 5.91 Å². The molecule has 0 unspecified atom stereocenters. The van der Waals surface area contributed by atoms with E-state index in [1.54, 1.807) is 24.3 Å². The van der Waals surface area contributed by atoms with Crippen LogP contribution in [0.1, 0.15) is 21.5 Å². The molecule has 6 nitrogen and oxygen atoms in total. The largest absolute Gasteiger partial charge is 0.504 e. The second-order valence-electron chi connectivity index (χ2n) is 5.42. The Morgan fingerprint density at radius 3 is 2.38 bits per heavy atom. The normalized spacial score (nSPS) is 10.2. The first-order chi connectivity index (χ1) is 11.5. The monoisotopic (exact) mass is 328 g/mol. The fourth-order valence-corrected chi connectivity index (χ4v) is 2.25. The summed E-state index contributed by atoms with van der Waals surface area (Å²) in [5, 5.41) is 24.1. The van der Waals surface area contributed by atoms with Gasteiger partial charge in [0.15, 0.2) is 11.5 Å². The Bertz CT molecular complexity index is 729. The molecule has 126 valence electrons. The number of phenolic OH excluding ortho intramolecular Hbond substituents is 2. The summed E-state index contributed by atoms with van der Waals surface area (Å²) < 4.78 is 0. The minimum atomic E-state index is -0.301. The number of amides is 2.